The highest BCUT2D eigenvalue weighted by Crippen LogP contribution is 2.11. The number of aryl methyl sites for hydroxylation is 1. The first kappa shape index (κ1) is 13.4. The number of aromatic nitrogens is 3. The second kappa shape index (κ2) is 5.71. The minimum Gasteiger partial charge on any atom is -0.476 e. The van der Waals surface area contributed by atoms with Crippen molar-refractivity contribution >= 4 is 40.0 Å². The van der Waals surface area contributed by atoms with E-state index < -0.39 is 12.0 Å². The Hall–Kier alpha value is -2.07. The van der Waals surface area contributed by atoms with Gasteiger partial charge in [0.2, 0.25) is 5.13 Å². The van der Waals surface area contributed by atoms with Crippen molar-refractivity contribution in [3.05, 3.63) is 21.9 Å². The van der Waals surface area contributed by atoms with Gasteiger partial charge in [-0.15, -0.1) is 11.3 Å². The van der Waals surface area contributed by atoms with Crippen LogP contribution in [0.25, 0.3) is 0 Å². The number of carboxylic acids is 1. The van der Waals surface area contributed by atoms with E-state index in [0.717, 1.165) is 11.5 Å². The first-order valence-electron chi connectivity index (χ1n) is 5.07. The average Bonchev–Trinajstić information content (AvgIpc) is 2.96. The molecule has 0 radical (unpaired) electrons. The van der Waals surface area contributed by atoms with Crippen LogP contribution in [0, 0.1) is 6.92 Å². The van der Waals surface area contributed by atoms with Crippen molar-refractivity contribution in [1.29, 1.82) is 0 Å². The average molecular weight is 299 g/mol. The fraction of sp³-hybridized carbons (Fsp3) is 0.222. The second-order valence-corrected chi connectivity index (χ2v) is 5.08. The predicted octanol–water partition coefficient (Wildman–Crippen LogP) is 1.32. The molecule has 2 amide bonds. The van der Waals surface area contributed by atoms with Gasteiger partial charge in [0.1, 0.15) is 10.8 Å². The lowest BCUT2D eigenvalue weighted by Gasteiger charge is -2.02. The van der Waals surface area contributed by atoms with Gasteiger partial charge in [0.05, 0.1) is 6.54 Å². The topological polar surface area (TPSA) is 117 Å². The maximum absolute atomic E-state index is 11.5. The van der Waals surface area contributed by atoms with Crippen LogP contribution in [0.3, 0.4) is 0 Å². The standard InChI is InChI=1S/C9H9N5O3S2/c1-4-11-9(19-14-4)13-8(17)10-2-6-12-5(3-18-6)7(15)16/h3H,2H2,1H3,(H,15,16)(H2,10,11,13,14,17). The molecule has 3 N–H and O–H groups in total. The molecule has 2 heterocycles. The molecule has 0 bridgehead atoms. The van der Waals surface area contributed by atoms with Crippen LogP contribution in [0.5, 0.6) is 0 Å². The molecule has 0 fully saturated rings. The van der Waals surface area contributed by atoms with E-state index in [2.05, 4.69) is 25.0 Å². The molecule has 100 valence electrons. The van der Waals surface area contributed by atoms with Crippen molar-refractivity contribution < 1.29 is 14.7 Å². The summed E-state index contributed by atoms with van der Waals surface area (Å²) in [6.07, 6.45) is 0. The van der Waals surface area contributed by atoms with Gasteiger partial charge in [-0.2, -0.15) is 4.37 Å². The molecule has 2 aromatic heterocycles. The van der Waals surface area contributed by atoms with Crippen molar-refractivity contribution in [2.24, 2.45) is 0 Å². The molecule has 10 heteroatoms. The molecule has 0 atom stereocenters. The third-order valence-corrected chi connectivity index (χ3v) is 3.49. The number of carboxylic acid groups (broad SMARTS) is 1. The second-order valence-electron chi connectivity index (χ2n) is 3.39. The molecule has 0 aliphatic rings. The third-order valence-electron chi connectivity index (χ3n) is 1.92. The number of thiazole rings is 1. The Kier molecular flexibility index (Phi) is 4.02. The number of nitrogens with one attached hydrogen (secondary N) is 2. The fourth-order valence-electron chi connectivity index (χ4n) is 1.14. The summed E-state index contributed by atoms with van der Waals surface area (Å²) < 4.78 is 3.92. The van der Waals surface area contributed by atoms with Gasteiger partial charge in [0.15, 0.2) is 5.69 Å². The summed E-state index contributed by atoms with van der Waals surface area (Å²) in [4.78, 5) is 30.0. The third kappa shape index (κ3) is 3.69. The van der Waals surface area contributed by atoms with E-state index in [9.17, 15) is 9.59 Å². The van der Waals surface area contributed by atoms with Gasteiger partial charge in [-0.3, -0.25) is 5.32 Å². The summed E-state index contributed by atoms with van der Waals surface area (Å²) >= 11 is 2.25. The number of rotatable bonds is 4. The SMILES string of the molecule is Cc1nsc(NC(=O)NCc2nc(C(=O)O)cs2)n1. The number of nitrogens with zero attached hydrogens (tertiary/aromatic N) is 3. The first-order valence-corrected chi connectivity index (χ1v) is 6.73. The van der Waals surface area contributed by atoms with Gasteiger partial charge < -0.3 is 10.4 Å². The number of anilines is 1. The van der Waals surface area contributed by atoms with Gasteiger partial charge in [-0.05, 0) is 6.92 Å². The lowest BCUT2D eigenvalue weighted by molar-refractivity contribution is 0.0691. The quantitative estimate of drug-likeness (QED) is 0.784. The highest BCUT2D eigenvalue weighted by atomic mass is 32.1. The predicted molar refractivity (Wildman–Crippen MR) is 69.6 cm³/mol. The first-order chi connectivity index (χ1) is 9.04. The zero-order valence-electron chi connectivity index (χ0n) is 9.71. The molecule has 0 aliphatic carbocycles. The summed E-state index contributed by atoms with van der Waals surface area (Å²) in [5.41, 5.74) is -0.0260. The molecule has 8 nitrogen and oxygen atoms in total. The fourth-order valence-corrected chi connectivity index (χ4v) is 2.41. The number of hydrogen-bond donors (Lipinski definition) is 3. The molecule has 0 aliphatic heterocycles. The molecule has 0 spiro atoms. The van der Waals surface area contributed by atoms with E-state index in [4.69, 9.17) is 5.11 Å². The van der Waals surface area contributed by atoms with Crippen molar-refractivity contribution in [3.63, 3.8) is 0 Å². The van der Waals surface area contributed by atoms with E-state index >= 15 is 0 Å². The monoisotopic (exact) mass is 299 g/mol. The van der Waals surface area contributed by atoms with Crippen molar-refractivity contribution in [2.45, 2.75) is 13.5 Å². The highest BCUT2D eigenvalue weighted by molar-refractivity contribution is 7.10. The van der Waals surface area contributed by atoms with E-state index in [0.29, 0.717) is 16.0 Å². The molecule has 0 aromatic carbocycles. The van der Waals surface area contributed by atoms with Gasteiger partial charge in [-0.1, -0.05) is 0 Å². The number of aromatic carboxylic acids is 1. The Morgan fingerprint density at radius 2 is 2.21 bits per heavy atom. The van der Waals surface area contributed by atoms with E-state index in [1.807, 2.05) is 0 Å². The summed E-state index contributed by atoms with van der Waals surface area (Å²) in [5.74, 6) is -0.498. The highest BCUT2D eigenvalue weighted by Gasteiger charge is 2.10. The molecule has 0 unspecified atom stereocenters. The Bertz CT molecular complexity index is 609. The van der Waals surface area contributed by atoms with Gasteiger partial charge >= 0.3 is 12.0 Å². The van der Waals surface area contributed by atoms with Crippen molar-refractivity contribution in [3.8, 4) is 0 Å². The molecule has 0 saturated heterocycles. The Morgan fingerprint density at radius 1 is 1.42 bits per heavy atom. The van der Waals surface area contributed by atoms with Crippen LogP contribution in [0.15, 0.2) is 5.38 Å². The molecule has 0 saturated carbocycles. The number of amides is 2. The Balaban J connectivity index is 1.84. The van der Waals surface area contributed by atoms with Crippen LogP contribution in [-0.2, 0) is 6.54 Å². The molecule has 19 heavy (non-hydrogen) atoms. The molecular formula is C9H9N5O3S2. The van der Waals surface area contributed by atoms with E-state index in [1.54, 1.807) is 6.92 Å². The lowest BCUT2D eigenvalue weighted by Crippen LogP contribution is -2.28. The zero-order valence-corrected chi connectivity index (χ0v) is 11.3. The van der Waals surface area contributed by atoms with Crippen LogP contribution in [0.1, 0.15) is 21.3 Å². The van der Waals surface area contributed by atoms with Gasteiger partial charge in [0.25, 0.3) is 0 Å². The lowest BCUT2D eigenvalue weighted by atomic mass is 10.5. The largest absolute Gasteiger partial charge is 0.476 e. The van der Waals surface area contributed by atoms with Crippen LogP contribution >= 0.6 is 22.9 Å². The maximum atomic E-state index is 11.5. The summed E-state index contributed by atoms with van der Waals surface area (Å²) in [6.45, 7) is 1.88. The Labute approximate surface area is 115 Å². The van der Waals surface area contributed by atoms with E-state index in [1.165, 1.54) is 16.7 Å². The van der Waals surface area contributed by atoms with Crippen LogP contribution in [0.2, 0.25) is 0 Å². The van der Waals surface area contributed by atoms with Crippen LogP contribution in [0.4, 0.5) is 9.93 Å². The molecule has 2 rings (SSSR count). The number of hydrogen-bond acceptors (Lipinski definition) is 7. The normalized spacial score (nSPS) is 10.2. The maximum Gasteiger partial charge on any atom is 0.355 e. The van der Waals surface area contributed by atoms with E-state index in [-0.39, 0.29) is 12.2 Å². The smallest absolute Gasteiger partial charge is 0.355 e. The van der Waals surface area contributed by atoms with Crippen LogP contribution in [-0.4, -0.2) is 31.4 Å². The molecule has 2 aromatic rings. The summed E-state index contributed by atoms with van der Waals surface area (Å²) in [7, 11) is 0. The minimum absolute atomic E-state index is 0.0260. The van der Waals surface area contributed by atoms with Gasteiger partial charge in [-0.25, -0.2) is 19.6 Å². The number of carbonyl (C=O) groups excluding carboxylic acids is 1. The summed E-state index contributed by atoms with van der Waals surface area (Å²) in [5, 5.41) is 16.1. The zero-order chi connectivity index (χ0) is 13.8. The van der Waals surface area contributed by atoms with Crippen molar-refractivity contribution in [2.75, 3.05) is 5.32 Å². The number of urea groups is 1. The molecular weight excluding hydrogens is 290 g/mol. The van der Waals surface area contributed by atoms with Crippen LogP contribution < -0.4 is 10.6 Å². The van der Waals surface area contributed by atoms with Crippen molar-refractivity contribution in [1.82, 2.24) is 19.7 Å². The van der Waals surface area contributed by atoms with Gasteiger partial charge in [0, 0.05) is 16.9 Å². The Morgan fingerprint density at radius 3 is 2.79 bits per heavy atom. The minimum atomic E-state index is -1.09. The summed E-state index contributed by atoms with van der Waals surface area (Å²) in [6, 6.07) is -0.441. The number of carbonyl (C=O) groups is 2.